The van der Waals surface area contributed by atoms with Gasteiger partial charge < -0.3 is 37.5 Å². The summed E-state index contributed by atoms with van der Waals surface area (Å²) in [5.74, 6) is -2.91. The van der Waals surface area contributed by atoms with Crippen molar-refractivity contribution in [2.24, 2.45) is 11.5 Å². The van der Waals surface area contributed by atoms with Gasteiger partial charge in [0.05, 0.1) is 6.04 Å². The highest BCUT2D eigenvalue weighted by Crippen LogP contribution is 2.18. The first-order valence-corrected chi connectivity index (χ1v) is 13.4. The summed E-state index contributed by atoms with van der Waals surface area (Å²) in [5.41, 5.74) is 14.2. The molecular weight excluding hydrogens is 512 g/mol. The van der Waals surface area contributed by atoms with Crippen molar-refractivity contribution in [1.29, 1.82) is 0 Å². The lowest BCUT2D eigenvalue weighted by atomic mass is 10.0. The molecule has 3 rings (SSSR count). The number of rotatable bonds is 15. The van der Waals surface area contributed by atoms with Gasteiger partial charge in [-0.05, 0) is 56.3 Å². The summed E-state index contributed by atoms with van der Waals surface area (Å²) in [4.78, 5) is 53.9. The third kappa shape index (κ3) is 8.65. The third-order valence-electron chi connectivity index (χ3n) is 6.68. The number of H-pyrrole nitrogens is 1. The van der Waals surface area contributed by atoms with E-state index in [1.54, 1.807) is 30.5 Å². The van der Waals surface area contributed by atoms with E-state index in [4.69, 9.17) is 11.5 Å². The molecule has 1 heterocycles. The zero-order valence-electron chi connectivity index (χ0n) is 22.6. The van der Waals surface area contributed by atoms with Crippen LogP contribution in [0.4, 0.5) is 0 Å². The van der Waals surface area contributed by atoms with Crippen LogP contribution in [0.5, 0.6) is 0 Å². The molecule has 11 heteroatoms. The Morgan fingerprint density at radius 2 is 1.52 bits per heavy atom. The molecule has 3 amide bonds. The van der Waals surface area contributed by atoms with E-state index < -0.39 is 47.9 Å². The number of carboxylic acids is 1. The number of benzene rings is 2. The zero-order valence-corrected chi connectivity index (χ0v) is 22.6. The van der Waals surface area contributed by atoms with Gasteiger partial charge in [0, 0.05) is 23.5 Å². The van der Waals surface area contributed by atoms with Gasteiger partial charge in [-0.2, -0.15) is 0 Å². The van der Waals surface area contributed by atoms with Gasteiger partial charge in [0.25, 0.3) is 0 Å². The standard InChI is InChI=1S/C29H38N6O5/c1-18(33-27(37)22(31)16-20-17-32-23-12-6-5-11-21(20)23)26(36)35-25(15-19-9-3-2-4-10-19)28(38)34-24(29(39)40)13-7-8-14-30/h2-6,9-12,17-18,22,24-25,32H,7-8,13-16,30-31H2,1H3,(H,33,37)(H,34,38)(H,35,36)(H,39,40). The lowest BCUT2D eigenvalue weighted by Gasteiger charge is -2.24. The summed E-state index contributed by atoms with van der Waals surface area (Å²) in [7, 11) is 0. The number of para-hydroxylation sites is 1. The predicted octanol–water partition coefficient (Wildman–Crippen LogP) is 0.968. The minimum Gasteiger partial charge on any atom is -0.480 e. The van der Waals surface area contributed by atoms with Gasteiger partial charge in [-0.3, -0.25) is 14.4 Å². The number of nitrogens with one attached hydrogen (secondary N) is 4. The molecule has 0 spiro atoms. The van der Waals surface area contributed by atoms with Gasteiger partial charge >= 0.3 is 5.97 Å². The van der Waals surface area contributed by atoms with Gasteiger partial charge in [0.1, 0.15) is 18.1 Å². The van der Waals surface area contributed by atoms with Gasteiger partial charge in [-0.1, -0.05) is 48.5 Å². The first-order valence-electron chi connectivity index (χ1n) is 13.4. The number of carbonyl (C=O) groups excluding carboxylic acids is 3. The predicted molar refractivity (Wildman–Crippen MR) is 152 cm³/mol. The highest BCUT2D eigenvalue weighted by molar-refractivity contribution is 5.94. The van der Waals surface area contributed by atoms with Crippen LogP contribution in [0.3, 0.4) is 0 Å². The summed E-state index contributed by atoms with van der Waals surface area (Å²) in [5, 5.41) is 18.4. The maximum atomic E-state index is 13.1. The van der Waals surface area contributed by atoms with Gasteiger partial charge in [0.15, 0.2) is 0 Å². The van der Waals surface area contributed by atoms with E-state index in [9.17, 15) is 24.3 Å². The largest absolute Gasteiger partial charge is 0.480 e. The number of hydrogen-bond donors (Lipinski definition) is 7. The fourth-order valence-electron chi connectivity index (χ4n) is 4.39. The van der Waals surface area contributed by atoms with E-state index in [-0.39, 0.29) is 19.3 Å². The Balaban J connectivity index is 1.63. The van der Waals surface area contributed by atoms with Gasteiger partial charge in [-0.25, -0.2) is 4.79 Å². The molecular formula is C29H38N6O5. The molecule has 0 aliphatic rings. The van der Waals surface area contributed by atoms with Gasteiger partial charge in [-0.15, -0.1) is 0 Å². The molecule has 11 nitrogen and oxygen atoms in total. The van der Waals surface area contributed by atoms with Crippen LogP contribution in [0.2, 0.25) is 0 Å². The molecule has 4 atom stereocenters. The normalized spacial score (nSPS) is 14.1. The number of aliphatic carboxylic acids is 1. The van der Waals surface area contributed by atoms with Crippen molar-refractivity contribution < 1.29 is 24.3 Å². The highest BCUT2D eigenvalue weighted by Gasteiger charge is 2.29. The number of carboxylic acid groups (broad SMARTS) is 1. The molecule has 0 saturated heterocycles. The Morgan fingerprint density at radius 1 is 0.850 bits per heavy atom. The van der Waals surface area contributed by atoms with Crippen LogP contribution in [0.1, 0.15) is 37.3 Å². The molecule has 40 heavy (non-hydrogen) atoms. The molecule has 0 aliphatic heterocycles. The van der Waals surface area contributed by atoms with E-state index in [0.29, 0.717) is 19.4 Å². The summed E-state index contributed by atoms with van der Waals surface area (Å²) in [6, 6.07) is 12.6. The molecule has 3 aromatic rings. The van der Waals surface area contributed by atoms with Crippen LogP contribution < -0.4 is 27.4 Å². The number of unbranched alkanes of at least 4 members (excludes halogenated alkanes) is 1. The number of carbonyl (C=O) groups is 4. The lowest BCUT2D eigenvalue weighted by Crippen LogP contribution is -2.57. The summed E-state index contributed by atoms with van der Waals surface area (Å²) < 4.78 is 0. The van der Waals surface area contributed by atoms with Crippen LogP contribution in [0.25, 0.3) is 10.9 Å². The van der Waals surface area contributed by atoms with Crippen LogP contribution >= 0.6 is 0 Å². The van der Waals surface area contributed by atoms with Crippen molar-refractivity contribution in [3.8, 4) is 0 Å². The smallest absolute Gasteiger partial charge is 0.326 e. The van der Waals surface area contributed by atoms with Crippen LogP contribution in [0, 0.1) is 0 Å². The quantitative estimate of drug-likeness (QED) is 0.137. The average molecular weight is 551 g/mol. The molecule has 2 aromatic carbocycles. The number of amides is 3. The van der Waals surface area contributed by atoms with Gasteiger partial charge in [0.2, 0.25) is 17.7 Å². The molecule has 0 fully saturated rings. The number of hydrogen-bond acceptors (Lipinski definition) is 6. The second kappa shape index (κ2) is 14.8. The molecule has 0 saturated carbocycles. The van der Waals surface area contributed by atoms with Crippen molar-refractivity contribution in [3.05, 3.63) is 71.9 Å². The van der Waals surface area contributed by atoms with Crippen molar-refractivity contribution in [3.63, 3.8) is 0 Å². The Labute approximate surface area is 233 Å². The fourth-order valence-corrected chi connectivity index (χ4v) is 4.39. The summed E-state index contributed by atoms with van der Waals surface area (Å²) in [6.07, 6.45) is 3.58. The molecule has 214 valence electrons. The van der Waals surface area contributed by atoms with Crippen LogP contribution in [-0.4, -0.2) is 64.5 Å². The second-order valence-corrected chi connectivity index (χ2v) is 9.84. The Bertz CT molecular complexity index is 1290. The Kier molecular flexibility index (Phi) is 11.2. The van der Waals surface area contributed by atoms with Crippen molar-refractivity contribution in [2.45, 2.75) is 63.2 Å². The minimum atomic E-state index is -1.17. The Morgan fingerprint density at radius 3 is 2.23 bits per heavy atom. The summed E-state index contributed by atoms with van der Waals surface area (Å²) in [6.45, 7) is 1.91. The highest BCUT2D eigenvalue weighted by atomic mass is 16.4. The van der Waals surface area contributed by atoms with E-state index in [2.05, 4.69) is 20.9 Å². The minimum absolute atomic E-state index is 0.133. The maximum absolute atomic E-state index is 13.1. The van der Waals surface area contributed by atoms with E-state index in [1.165, 1.54) is 6.92 Å². The van der Waals surface area contributed by atoms with Crippen LogP contribution in [-0.2, 0) is 32.0 Å². The molecule has 1 aromatic heterocycles. The lowest BCUT2D eigenvalue weighted by molar-refractivity contribution is -0.142. The molecule has 0 aliphatic carbocycles. The number of aromatic amines is 1. The number of fused-ring (bicyclic) bond motifs is 1. The molecule has 0 radical (unpaired) electrons. The number of aromatic nitrogens is 1. The fraction of sp³-hybridized carbons (Fsp3) is 0.379. The molecule has 0 bridgehead atoms. The van der Waals surface area contributed by atoms with E-state index >= 15 is 0 Å². The first-order chi connectivity index (χ1) is 19.2. The third-order valence-corrected chi connectivity index (χ3v) is 6.68. The monoisotopic (exact) mass is 550 g/mol. The number of nitrogens with two attached hydrogens (primary N) is 2. The molecule has 9 N–H and O–H groups in total. The van der Waals surface area contributed by atoms with Crippen molar-refractivity contribution in [2.75, 3.05) is 6.54 Å². The first kappa shape index (κ1) is 30.3. The SMILES string of the molecule is CC(NC(=O)C(N)Cc1c[nH]c2ccccc12)C(=O)NC(Cc1ccccc1)C(=O)NC(CCCCN)C(=O)O. The summed E-state index contributed by atoms with van der Waals surface area (Å²) >= 11 is 0. The van der Waals surface area contributed by atoms with E-state index in [0.717, 1.165) is 22.0 Å². The Hall–Kier alpha value is -4.22. The maximum Gasteiger partial charge on any atom is 0.326 e. The average Bonchev–Trinajstić information content (AvgIpc) is 3.35. The zero-order chi connectivity index (χ0) is 29.1. The van der Waals surface area contributed by atoms with Crippen LogP contribution in [0.15, 0.2) is 60.8 Å². The molecule has 4 unspecified atom stereocenters. The van der Waals surface area contributed by atoms with Crippen molar-refractivity contribution >= 4 is 34.6 Å². The van der Waals surface area contributed by atoms with E-state index in [1.807, 2.05) is 30.3 Å². The van der Waals surface area contributed by atoms with Crippen molar-refractivity contribution in [1.82, 2.24) is 20.9 Å². The second-order valence-electron chi connectivity index (χ2n) is 9.84. The topological polar surface area (TPSA) is 192 Å².